The minimum absolute atomic E-state index is 0.000355. The number of ether oxygens (including phenoxy) is 2. The molecule has 132 valence electrons. The maximum absolute atomic E-state index is 12.7. The van der Waals surface area contributed by atoms with Crippen molar-refractivity contribution in [3.8, 4) is 5.75 Å². The van der Waals surface area contributed by atoms with Gasteiger partial charge in [-0.3, -0.25) is 9.59 Å². The number of benzene rings is 1. The SMILES string of the molecule is CCOC(=O)C1CCN(C(=O)[C@@H](CC)Oc2ccc(C)cc2)CC1. The summed E-state index contributed by atoms with van der Waals surface area (Å²) < 4.78 is 10.9. The van der Waals surface area contributed by atoms with Crippen LogP contribution in [0.15, 0.2) is 24.3 Å². The van der Waals surface area contributed by atoms with Gasteiger partial charge in [0.15, 0.2) is 6.10 Å². The molecule has 0 radical (unpaired) electrons. The summed E-state index contributed by atoms with van der Waals surface area (Å²) in [6, 6.07) is 7.71. The second-order valence-electron chi connectivity index (χ2n) is 6.18. The predicted molar refractivity (Wildman–Crippen MR) is 91.8 cm³/mol. The second kappa shape index (κ2) is 8.71. The van der Waals surface area contributed by atoms with E-state index in [2.05, 4.69) is 0 Å². The third-order valence-electron chi connectivity index (χ3n) is 4.37. The average Bonchev–Trinajstić information content (AvgIpc) is 2.61. The van der Waals surface area contributed by atoms with Gasteiger partial charge in [-0.15, -0.1) is 0 Å². The summed E-state index contributed by atoms with van der Waals surface area (Å²) in [5, 5.41) is 0. The molecule has 1 fully saturated rings. The summed E-state index contributed by atoms with van der Waals surface area (Å²) in [5.41, 5.74) is 1.16. The quantitative estimate of drug-likeness (QED) is 0.751. The summed E-state index contributed by atoms with van der Waals surface area (Å²) >= 11 is 0. The topological polar surface area (TPSA) is 55.8 Å². The highest BCUT2D eigenvalue weighted by atomic mass is 16.5. The van der Waals surface area contributed by atoms with Crippen molar-refractivity contribution in [3.63, 3.8) is 0 Å². The molecule has 0 saturated carbocycles. The van der Waals surface area contributed by atoms with Crippen LogP contribution in [0.3, 0.4) is 0 Å². The molecule has 1 amide bonds. The van der Waals surface area contributed by atoms with Crippen molar-refractivity contribution in [1.29, 1.82) is 0 Å². The van der Waals surface area contributed by atoms with Gasteiger partial charge in [0.25, 0.3) is 5.91 Å². The lowest BCUT2D eigenvalue weighted by Gasteiger charge is -2.33. The van der Waals surface area contributed by atoms with E-state index >= 15 is 0 Å². The van der Waals surface area contributed by atoms with Crippen molar-refractivity contribution < 1.29 is 19.1 Å². The maximum Gasteiger partial charge on any atom is 0.309 e. The van der Waals surface area contributed by atoms with Crippen molar-refractivity contribution in [3.05, 3.63) is 29.8 Å². The number of aryl methyl sites for hydroxylation is 1. The van der Waals surface area contributed by atoms with E-state index in [1.54, 1.807) is 4.90 Å². The van der Waals surface area contributed by atoms with Crippen LogP contribution in [0, 0.1) is 12.8 Å². The molecule has 5 nitrogen and oxygen atoms in total. The van der Waals surface area contributed by atoms with Crippen molar-refractivity contribution in [2.24, 2.45) is 5.92 Å². The lowest BCUT2D eigenvalue weighted by molar-refractivity contribution is -0.152. The van der Waals surface area contributed by atoms with E-state index in [1.165, 1.54) is 0 Å². The third kappa shape index (κ3) is 4.73. The first-order valence-electron chi connectivity index (χ1n) is 8.73. The van der Waals surface area contributed by atoms with Gasteiger partial charge in [-0.25, -0.2) is 0 Å². The van der Waals surface area contributed by atoms with Crippen LogP contribution in [0.25, 0.3) is 0 Å². The Hall–Kier alpha value is -2.04. The molecule has 1 saturated heterocycles. The minimum atomic E-state index is -0.480. The number of esters is 1. The van der Waals surface area contributed by atoms with Gasteiger partial charge in [0.2, 0.25) is 0 Å². The number of carbonyl (C=O) groups is 2. The van der Waals surface area contributed by atoms with Crippen LogP contribution in [0.4, 0.5) is 0 Å². The van der Waals surface area contributed by atoms with Gasteiger partial charge in [-0.2, -0.15) is 0 Å². The fraction of sp³-hybridized carbons (Fsp3) is 0.579. The molecule has 1 aromatic carbocycles. The molecule has 1 aliphatic heterocycles. The van der Waals surface area contributed by atoms with E-state index in [-0.39, 0.29) is 17.8 Å². The lowest BCUT2D eigenvalue weighted by Crippen LogP contribution is -2.46. The number of piperidine rings is 1. The lowest BCUT2D eigenvalue weighted by atomic mass is 9.96. The molecule has 1 aromatic rings. The van der Waals surface area contributed by atoms with Crippen LogP contribution in [-0.2, 0) is 14.3 Å². The van der Waals surface area contributed by atoms with Crippen molar-refractivity contribution in [1.82, 2.24) is 4.90 Å². The molecule has 0 bridgehead atoms. The molecule has 0 unspecified atom stereocenters. The summed E-state index contributed by atoms with van der Waals surface area (Å²) in [6.07, 6.45) is 1.45. The average molecular weight is 333 g/mol. The van der Waals surface area contributed by atoms with Crippen LogP contribution < -0.4 is 4.74 Å². The van der Waals surface area contributed by atoms with Gasteiger partial charge < -0.3 is 14.4 Å². The highest BCUT2D eigenvalue weighted by molar-refractivity contribution is 5.81. The van der Waals surface area contributed by atoms with Crippen molar-refractivity contribution >= 4 is 11.9 Å². The van der Waals surface area contributed by atoms with Gasteiger partial charge in [0.1, 0.15) is 5.75 Å². The standard InChI is InChI=1S/C19H27NO4/c1-4-17(24-16-8-6-14(3)7-9-16)18(21)20-12-10-15(11-13-20)19(22)23-5-2/h6-9,15,17H,4-5,10-13H2,1-3H3/t17-/m1/s1. The number of rotatable bonds is 6. The summed E-state index contributed by atoms with van der Waals surface area (Å²) in [6.45, 7) is 7.33. The Morgan fingerprint density at radius 1 is 1.17 bits per heavy atom. The zero-order valence-electron chi connectivity index (χ0n) is 14.8. The Kier molecular flexibility index (Phi) is 6.64. The fourth-order valence-electron chi connectivity index (χ4n) is 2.89. The van der Waals surface area contributed by atoms with Gasteiger partial charge in [-0.05, 0) is 45.2 Å². The van der Waals surface area contributed by atoms with E-state index in [0.29, 0.717) is 44.7 Å². The third-order valence-corrected chi connectivity index (χ3v) is 4.37. The maximum atomic E-state index is 12.7. The highest BCUT2D eigenvalue weighted by Gasteiger charge is 2.31. The van der Waals surface area contributed by atoms with E-state index in [1.807, 2.05) is 45.0 Å². The van der Waals surface area contributed by atoms with Crippen LogP contribution in [0.5, 0.6) is 5.75 Å². The molecule has 0 spiro atoms. The Balaban J connectivity index is 1.90. The van der Waals surface area contributed by atoms with Crippen LogP contribution in [0.1, 0.15) is 38.7 Å². The highest BCUT2D eigenvalue weighted by Crippen LogP contribution is 2.21. The number of nitrogens with zero attached hydrogens (tertiary/aromatic N) is 1. The summed E-state index contributed by atoms with van der Waals surface area (Å²) in [7, 11) is 0. The van der Waals surface area contributed by atoms with Gasteiger partial charge in [0, 0.05) is 13.1 Å². The van der Waals surface area contributed by atoms with Gasteiger partial charge >= 0.3 is 5.97 Å². The number of amides is 1. The molecule has 2 rings (SSSR count). The Morgan fingerprint density at radius 2 is 1.79 bits per heavy atom. The van der Waals surface area contributed by atoms with Crippen LogP contribution in [0.2, 0.25) is 0 Å². The molecule has 1 atom stereocenters. The summed E-state index contributed by atoms with van der Waals surface area (Å²) in [4.78, 5) is 26.3. The Bertz CT molecular complexity index is 547. The van der Waals surface area contributed by atoms with E-state index < -0.39 is 6.10 Å². The molecule has 0 aromatic heterocycles. The number of hydrogen-bond acceptors (Lipinski definition) is 4. The summed E-state index contributed by atoms with van der Waals surface area (Å²) in [5.74, 6) is 0.474. The van der Waals surface area contributed by atoms with Crippen molar-refractivity contribution in [2.75, 3.05) is 19.7 Å². The number of hydrogen-bond donors (Lipinski definition) is 0. The molecule has 1 heterocycles. The number of likely N-dealkylation sites (tertiary alicyclic amines) is 1. The first-order valence-corrected chi connectivity index (χ1v) is 8.73. The first-order chi connectivity index (χ1) is 11.5. The fourth-order valence-corrected chi connectivity index (χ4v) is 2.89. The van der Waals surface area contributed by atoms with Crippen LogP contribution >= 0.6 is 0 Å². The van der Waals surface area contributed by atoms with Crippen molar-refractivity contribution in [2.45, 2.75) is 46.1 Å². The molecule has 5 heteroatoms. The van der Waals surface area contributed by atoms with E-state index in [9.17, 15) is 9.59 Å². The van der Waals surface area contributed by atoms with Crippen LogP contribution in [-0.4, -0.2) is 42.6 Å². The molecular weight excluding hydrogens is 306 g/mol. The molecule has 0 N–H and O–H groups in total. The Morgan fingerprint density at radius 3 is 2.33 bits per heavy atom. The number of carbonyl (C=O) groups excluding carboxylic acids is 2. The smallest absolute Gasteiger partial charge is 0.309 e. The molecular formula is C19H27NO4. The monoisotopic (exact) mass is 333 g/mol. The minimum Gasteiger partial charge on any atom is -0.481 e. The van der Waals surface area contributed by atoms with E-state index in [0.717, 1.165) is 5.56 Å². The molecule has 24 heavy (non-hydrogen) atoms. The zero-order valence-corrected chi connectivity index (χ0v) is 14.8. The van der Waals surface area contributed by atoms with Gasteiger partial charge in [0.05, 0.1) is 12.5 Å². The van der Waals surface area contributed by atoms with Gasteiger partial charge in [-0.1, -0.05) is 24.6 Å². The normalized spacial score (nSPS) is 16.5. The largest absolute Gasteiger partial charge is 0.481 e. The molecule has 1 aliphatic rings. The Labute approximate surface area is 143 Å². The second-order valence-corrected chi connectivity index (χ2v) is 6.18. The first kappa shape index (κ1) is 18.3. The molecule has 0 aliphatic carbocycles. The predicted octanol–water partition coefficient (Wildman–Crippen LogP) is 2.95. The zero-order chi connectivity index (χ0) is 17.5. The van der Waals surface area contributed by atoms with E-state index in [4.69, 9.17) is 9.47 Å².